The number of hydrogen-bond acceptors (Lipinski definition) is 3. The zero-order chi connectivity index (χ0) is 13.2. The summed E-state index contributed by atoms with van der Waals surface area (Å²) < 4.78 is 7.92. The van der Waals surface area contributed by atoms with Gasteiger partial charge in [0, 0.05) is 37.4 Å². The molecule has 0 spiro atoms. The van der Waals surface area contributed by atoms with Crippen LogP contribution in [0.25, 0.3) is 5.65 Å². The smallest absolute Gasteiger partial charge is 0.137 e. The first kappa shape index (κ1) is 13.1. The molecule has 2 atom stereocenters. The van der Waals surface area contributed by atoms with Crippen molar-refractivity contribution in [1.82, 2.24) is 14.3 Å². The lowest BCUT2D eigenvalue weighted by molar-refractivity contribution is -0.0680. The van der Waals surface area contributed by atoms with Crippen molar-refractivity contribution in [2.24, 2.45) is 0 Å². The summed E-state index contributed by atoms with van der Waals surface area (Å²) >= 11 is 3.51. The molecule has 0 amide bonds. The summed E-state index contributed by atoms with van der Waals surface area (Å²) in [6, 6.07) is 6.08. The lowest BCUT2D eigenvalue weighted by Crippen LogP contribution is -2.46. The van der Waals surface area contributed by atoms with E-state index in [9.17, 15) is 0 Å². The highest BCUT2D eigenvalue weighted by Gasteiger charge is 2.24. The van der Waals surface area contributed by atoms with Crippen LogP contribution in [-0.2, 0) is 11.3 Å². The topological polar surface area (TPSA) is 29.8 Å². The lowest BCUT2D eigenvalue weighted by atomic mass is 10.2. The number of hydrogen-bond donors (Lipinski definition) is 0. The van der Waals surface area contributed by atoms with Gasteiger partial charge >= 0.3 is 0 Å². The van der Waals surface area contributed by atoms with Crippen molar-refractivity contribution in [3.05, 3.63) is 36.3 Å². The molecular weight excluding hydrogens is 306 g/mol. The quantitative estimate of drug-likeness (QED) is 0.812. The molecule has 0 radical (unpaired) electrons. The molecule has 1 aliphatic heterocycles. The van der Waals surface area contributed by atoms with Crippen LogP contribution in [0.15, 0.2) is 30.6 Å². The SMILES string of the molecule is CC1CN(Cc2cn3ccccc3n2)CC(CBr)O1. The number of morpholine rings is 1. The van der Waals surface area contributed by atoms with Crippen LogP contribution in [0, 0.1) is 0 Å². The summed E-state index contributed by atoms with van der Waals surface area (Å²) in [6.45, 7) is 4.95. The van der Waals surface area contributed by atoms with Crippen molar-refractivity contribution in [2.45, 2.75) is 25.7 Å². The molecule has 0 saturated carbocycles. The summed E-state index contributed by atoms with van der Waals surface area (Å²) in [6.07, 6.45) is 4.71. The van der Waals surface area contributed by atoms with Crippen LogP contribution < -0.4 is 0 Å². The Bertz CT molecular complexity index is 523. The van der Waals surface area contributed by atoms with Gasteiger partial charge < -0.3 is 9.14 Å². The standard InChI is InChI=1S/C14H18BrN3O/c1-11-7-17(10-13(6-15)19-11)8-12-9-18-5-3-2-4-14(18)16-12/h2-5,9,11,13H,6-8,10H2,1H3. The molecular formula is C14H18BrN3O. The molecule has 0 N–H and O–H groups in total. The van der Waals surface area contributed by atoms with Crippen molar-refractivity contribution in [1.29, 1.82) is 0 Å². The zero-order valence-electron chi connectivity index (χ0n) is 11.0. The average Bonchev–Trinajstić information content (AvgIpc) is 2.80. The van der Waals surface area contributed by atoms with E-state index in [0.29, 0.717) is 0 Å². The minimum absolute atomic E-state index is 0.279. The van der Waals surface area contributed by atoms with Crippen LogP contribution in [0.1, 0.15) is 12.6 Å². The molecule has 2 unspecified atom stereocenters. The molecule has 1 saturated heterocycles. The molecule has 1 aliphatic rings. The largest absolute Gasteiger partial charge is 0.372 e. The first-order valence-corrected chi connectivity index (χ1v) is 7.73. The molecule has 2 aromatic rings. The fourth-order valence-electron chi connectivity index (χ4n) is 2.65. The van der Waals surface area contributed by atoms with Crippen molar-refractivity contribution < 1.29 is 4.74 Å². The normalized spacial score (nSPS) is 24.9. The number of alkyl halides is 1. The van der Waals surface area contributed by atoms with E-state index in [1.54, 1.807) is 0 Å². The highest BCUT2D eigenvalue weighted by Crippen LogP contribution is 2.16. The molecule has 19 heavy (non-hydrogen) atoms. The van der Waals surface area contributed by atoms with Crippen LogP contribution in [-0.4, -0.2) is 44.9 Å². The van der Waals surface area contributed by atoms with E-state index in [-0.39, 0.29) is 12.2 Å². The third-order valence-corrected chi connectivity index (χ3v) is 4.10. The minimum Gasteiger partial charge on any atom is -0.372 e. The minimum atomic E-state index is 0.279. The van der Waals surface area contributed by atoms with Crippen molar-refractivity contribution in [2.75, 3.05) is 18.4 Å². The molecule has 0 bridgehead atoms. The second-order valence-electron chi connectivity index (χ2n) is 5.12. The second-order valence-corrected chi connectivity index (χ2v) is 5.76. The Hall–Kier alpha value is -0.910. The summed E-state index contributed by atoms with van der Waals surface area (Å²) in [7, 11) is 0. The van der Waals surface area contributed by atoms with Crippen molar-refractivity contribution in [3.8, 4) is 0 Å². The predicted octanol–water partition coefficient (Wildman–Crippen LogP) is 2.32. The molecule has 5 heteroatoms. The third kappa shape index (κ3) is 2.99. The molecule has 4 nitrogen and oxygen atoms in total. The predicted molar refractivity (Wildman–Crippen MR) is 78.6 cm³/mol. The van der Waals surface area contributed by atoms with E-state index in [2.05, 4.69) is 43.3 Å². The van der Waals surface area contributed by atoms with Gasteiger partial charge in [-0.05, 0) is 19.1 Å². The molecule has 0 aliphatic carbocycles. The van der Waals surface area contributed by atoms with Crippen molar-refractivity contribution >= 4 is 21.6 Å². The second kappa shape index (κ2) is 5.61. The first-order valence-electron chi connectivity index (χ1n) is 6.61. The van der Waals surface area contributed by atoms with Gasteiger partial charge in [0.1, 0.15) is 5.65 Å². The van der Waals surface area contributed by atoms with E-state index >= 15 is 0 Å². The highest BCUT2D eigenvalue weighted by atomic mass is 79.9. The Labute approximate surface area is 121 Å². The monoisotopic (exact) mass is 323 g/mol. The average molecular weight is 324 g/mol. The maximum Gasteiger partial charge on any atom is 0.137 e. The van der Waals surface area contributed by atoms with Gasteiger partial charge in [-0.3, -0.25) is 4.90 Å². The Morgan fingerprint density at radius 2 is 2.32 bits per heavy atom. The van der Waals surface area contributed by atoms with E-state index < -0.39 is 0 Å². The summed E-state index contributed by atoms with van der Waals surface area (Å²) in [4.78, 5) is 7.07. The molecule has 1 fully saturated rings. The molecule has 102 valence electrons. The van der Waals surface area contributed by atoms with Gasteiger partial charge in [-0.1, -0.05) is 22.0 Å². The first-order chi connectivity index (χ1) is 9.24. The van der Waals surface area contributed by atoms with Gasteiger partial charge in [0.2, 0.25) is 0 Å². The summed E-state index contributed by atoms with van der Waals surface area (Å²) in [5.41, 5.74) is 2.13. The molecule has 0 aromatic carbocycles. The Morgan fingerprint density at radius 3 is 3.11 bits per heavy atom. The van der Waals surface area contributed by atoms with E-state index in [1.807, 2.05) is 24.4 Å². The number of ether oxygens (including phenoxy) is 1. The van der Waals surface area contributed by atoms with Gasteiger partial charge in [0.25, 0.3) is 0 Å². The van der Waals surface area contributed by atoms with Gasteiger partial charge in [-0.25, -0.2) is 4.98 Å². The van der Waals surface area contributed by atoms with Gasteiger partial charge in [0.05, 0.1) is 17.9 Å². The van der Waals surface area contributed by atoms with E-state index in [0.717, 1.165) is 36.3 Å². The maximum absolute atomic E-state index is 5.85. The number of aromatic nitrogens is 2. The van der Waals surface area contributed by atoms with Crippen LogP contribution in [0.3, 0.4) is 0 Å². The van der Waals surface area contributed by atoms with Crippen LogP contribution in [0.5, 0.6) is 0 Å². The third-order valence-electron chi connectivity index (χ3n) is 3.37. The van der Waals surface area contributed by atoms with E-state index in [4.69, 9.17) is 4.74 Å². The van der Waals surface area contributed by atoms with Gasteiger partial charge in [-0.15, -0.1) is 0 Å². The molecule has 3 rings (SSSR count). The Balaban J connectivity index is 1.73. The summed E-state index contributed by atoms with van der Waals surface area (Å²) in [5, 5.41) is 0.888. The van der Waals surface area contributed by atoms with Crippen LogP contribution >= 0.6 is 15.9 Å². The van der Waals surface area contributed by atoms with Crippen LogP contribution in [0.4, 0.5) is 0 Å². The Kier molecular flexibility index (Phi) is 3.86. The van der Waals surface area contributed by atoms with Gasteiger partial charge in [-0.2, -0.15) is 0 Å². The van der Waals surface area contributed by atoms with Crippen LogP contribution in [0.2, 0.25) is 0 Å². The number of fused-ring (bicyclic) bond motifs is 1. The maximum atomic E-state index is 5.85. The fraction of sp³-hybridized carbons (Fsp3) is 0.500. The lowest BCUT2D eigenvalue weighted by Gasteiger charge is -2.35. The summed E-state index contributed by atoms with van der Waals surface area (Å²) in [5.74, 6) is 0. The number of halogens is 1. The molecule has 2 aromatic heterocycles. The highest BCUT2D eigenvalue weighted by molar-refractivity contribution is 9.09. The zero-order valence-corrected chi connectivity index (χ0v) is 12.6. The number of imidazole rings is 1. The van der Waals surface area contributed by atoms with E-state index in [1.165, 1.54) is 0 Å². The van der Waals surface area contributed by atoms with Gasteiger partial charge in [0.15, 0.2) is 0 Å². The Morgan fingerprint density at radius 1 is 1.42 bits per heavy atom. The fourth-order valence-corrected chi connectivity index (χ4v) is 3.00. The number of pyridine rings is 1. The number of nitrogens with zero attached hydrogens (tertiary/aromatic N) is 3. The number of rotatable bonds is 3. The molecule has 3 heterocycles. The van der Waals surface area contributed by atoms with Crippen molar-refractivity contribution in [3.63, 3.8) is 0 Å².